The number of hydrogen-bond acceptors (Lipinski definition) is 3. The average Bonchev–Trinajstić information content (AvgIpc) is 2.99. The van der Waals surface area contributed by atoms with Gasteiger partial charge in [0.15, 0.2) is 5.69 Å². The van der Waals surface area contributed by atoms with E-state index in [4.69, 9.17) is 27.9 Å². The number of ether oxygens (including phenoxy) is 1. The number of hydrogen-bond donors (Lipinski definition) is 0. The first-order valence-electron chi connectivity index (χ1n) is 7.47. The van der Waals surface area contributed by atoms with Crippen LogP contribution in [0.4, 0.5) is 4.39 Å². The molecular weight excluding hydrogens is 366 g/mol. The fourth-order valence-corrected chi connectivity index (χ4v) is 2.80. The SMILES string of the molecule is CCOC(=O)c1cc(-c2cc(F)cc(Cl)c2)n(-c2cccc(Cl)c2)n1. The second-order valence-corrected chi connectivity index (χ2v) is 6.06. The summed E-state index contributed by atoms with van der Waals surface area (Å²) in [6.07, 6.45) is 0. The summed E-state index contributed by atoms with van der Waals surface area (Å²) in [6, 6.07) is 12.6. The largest absolute Gasteiger partial charge is 0.461 e. The monoisotopic (exact) mass is 378 g/mol. The second kappa shape index (κ2) is 7.25. The molecule has 4 nitrogen and oxygen atoms in total. The summed E-state index contributed by atoms with van der Waals surface area (Å²) in [5.41, 5.74) is 1.70. The Morgan fingerprint density at radius 3 is 2.64 bits per heavy atom. The molecule has 0 fully saturated rings. The van der Waals surface area contributed by atoms with E-state index in [1.54, 1.807) is 37.3 Å². The molecule has 1 heterocycles. The fraction of sp³-hybridized carbons (Fsp3) is 0.111. The number of aromatic nitrogens is 2. The lowest BCUT2D eigenvalue weighted by molar-refractivity contribution is 0.0519. The van der Waals surface area contributed by atoms with Crippen molar-refractivity contribution in [2.75, 3.05) is 6.61 Å². The number of benzene rings is 2. The zero-order valence-corrected chi connectivity index (χ0v) is 14.7. The third kappa shape index (κ3) is 3.83. The van der Waals surface area contributed by atoms with Gasteiger partial charge in [0, 0.05) is 15.6 Å². The smallest absolute Gasteiger partial charge is 0.358 e. The topological polar surface area (TPSA) is 44.1 Å². The molecule has 0 radical (unpaired) electrons. The second-order valence-electron chi connectivity index (χ2n) is 5.19. The van der Waals surface area contributed by atoms with Crippen molar-refractivity contribution in [1.29, 1.82) is 0 Å². The van der Waals surface area contributed by atoms with Crippen LogP contribution in [0, 0.1) is 5.82 Å². The first-order chi connectivity index (χ1) is 12.0. The van der Waals surface area contributed by atoms with Gasteiger partial charge in [-0.3, -0.25) is 0 Å². The number of esters is 1. The van der Waals surface area contributed by atoms with Gasteiger partial charge in [-0.25, -0.2) is 13.9 Å². The highest BCUT2D eigenvalue weighted by atomic mass is 35.5. The van der Waals surface area contributed by atoms with Crippen molar-refractivity contribution in [2.24, 2.45) is 0 Å². The molecule has 3 aromatic rings. The maximum Gasteiger partial charge on any atom is 0.358 e. The van der Waals surface area contributed by atoms with Gasteiger partial charge in [-0.05, 0) is 49.4 Å². The van der Waals surface area contributed by atoms with Crippen LogP contribution in [-0.4, -0.2) is 22.4 Å². The number of carbonyl (C=O) groups is 1. The van der Waals surface area contributed by atoms with Gasteiger partial charge in [0.05, 0.1) is 18.0 Å². The molecule has 0 aliphatic rings. The van der Waals surface area contributed by atoms with Gasteiger partial charge in [-0.15, -0.1) is 0 Å². The van der Waals surface area contributed by atoms with Crippen molar-refractivity contribution in [3.63, 3.8) is 0 Å². The van der Waals surface area contributed by atoms with E-state index in [1.807, 2.05) is 0 Å². The Morgan fingerprint density at radius 2 is 1.96 bits per heavy atom. The van der Waals surface area contributed by atoms with Crippen LogP contribution < -0.4 is 0 Å². The van der Waals surface area contributed by atoms with Gasteiger partial charge in [0.25, 0.3) is 0 Å². The molecule has 0 amide bonds. The molecule has 1 aromatic heterocycles. The van der Waals surface area contributed by atoms with Crippen LogP contribution in [0.2, 0.25) is 10.0 Å². The number of nitrogens with zero attached hydrogens (tertiary/aromatic N) is 2. The number of rotatable bonds is 4. The van der Waals surface area contributed by atoms with E-state index in [0.29, 0.717) is 22.0 Å². The van der Waals surface area contributed by atoms with Gasteiger partial charge >= 0.3 is 5.97 Å². The maximum atomic E-state index is 13.8. The Morgan fingerprint density at radius 1 is 1.16 bits per heavy atom. The lowest BCUT2D eigenvalue weighted by Crippen LogP contribution is -2.06. The highest BCUT2D eigenvalue weighted by Gasteiger charge is 2.18. The normalized spacial score (nSPS) is 10.7. The van der Waals surface area contributed by atoms with Gasteiger partial charge < -0.3 is 4.74 Å². The van der Waals surface area contributed by atoms with E-state index < -0.39 is 11.8 Å². The van der Waals surface area contributed by atoms with Crippen LogP contribution in [0.1, 0.15) is 17.4 Å². The minimum Gasteiger partial charge on any atom is -0.461 e. The van der Waals surface area contributed by atoms with Crippen molar-refractivity contribution in [3.05, 3.63) is 70.1 Å². The molecule has 0 aliphatic heterocycles. The Labute approximate surface area is 153 Å². The highest BCUT2D eigenvalue weighted by Crippen LogP contribution is 2.28. The van der Waals surface area contributed by atoms with Crippen LogP contribution in [0.25, 0.3) is 16.9 Å². The van der Waals surface area contributed by atoms with Crippen LogP contribution in [0.5, 0.6) is 0 Å². The molecular formula is C18H13Cl2FN2O2. The Hall–Kier alpha value is -2.37. The molecule has 128 valence electrons. The maximum absolute atomic E-state index is 13.8. The molecule has 3 rings (SSSR count). The average molecular weight is 379 g/mol. The van der Waals surface area contributed by atoms with E-state index in [-0.39, 0.29) is 17.3 Å². The summed E-state index contributed by atoms with van der Waals surface area (Å²) in [5, 5.41) is 5.04. The molecule has 0 saturated carbocycles. The van der Waals surface area contributed by atoms with Crippen molar-refractivity contribution >= 4 is 29.2 Å². The van der Waals surface area contributed by atoms with E-state index in [0.717, 1.165) is 0 Å². The van der Waals surface area contributed by atoms with E-state index >= 15 is 0 Å². The van der Waals surface area contributed by atoms with Crippen molar-refractivity contribution in [2.45, 2.75) is 6.92 Å². The van der Waals surface area contributed by atoms with E-state index in [1.165, 1.54) is 22.9 Å². The molecule has 0 aliphatic carbocycles. The quantitative estimate of drug-likeness (QED) is 0.588. The van der Waals surface area contributed by atoms with E-state index in [9.17, 15) is 9.18 Å². The molecule has 25 heavy (non-hydrogen) atoms. The highest BCUT2D eigenvalue weighted by molar-refractivity contribution is 6.31. The fourth-order valence-electron chi connectivity index (χ4n) is 2.40. The van der Waals surface area contributed by atoms with E-state index in [2.05, 4.69) is 5.10 Å². The molecule has 7 heteroatoms. The predicted octanol–water partition coefficient (Wildman–Crippen LogP) is 5.16. The molecule has 0 saturated heterocycles. The molecule has 0 spiro atoms. The van der Waals surface area contributed by atoms with Crippen LogP contribution >= 0.6 is 23.2 Å². The van der Waals surface area contributed by atoms with Crippen molar-refractivity contribution in [1.82, 2.24) is 9.78 Å². The Kier molecular flexibility index (Phi) is 5.06. The van der Waals surface area contributed by atoms with Crippen molar-refractivity contribution < 1.29 is 13.9 Å². The minimum absolute atomic E-state index is 0.109. The summed E-state index contributed by atoms with van der Waals surface area (Å²) >= 11 is 12.0. The molecule has 2 aromatic carbocycles. The number of halogens is 3. The van der Waals surface area contributed by atoms with Crippen LogP contribution in [0.15, 0.2) is 48.5 Å². The van der Waals surface area contributed by atoms with Gasteiger partial charge in [0.2, 0.25) is 0 Å². The summed E-state index contributed by atoms with van der Waals surface area (Å²) in [4.78, 5) is 12.0. The molecule has 0 atom stereocenters. The third-order valence-electron chi connectivity index (χ3n) is 3.41. The summed E-state index contributed by atoms with van der Waals surface area (Å²) in [6.45, 7) is 1.93. The summed E-state index contributed by atoms with van der Waals surface area (Å²) < 4.78 is 20.3. The van der Waals surface area contributed by atoms with Gasteiger partial charge in [-0.1, -0.05) is 29.3 Å². The molecule has 0 N–H and O–H groups in total. The lowest BCUT2D eigenvalue weighted by atomic mass is 10.1. The predicted molar refractivity (Wildman–Crippen MR) is 94.9 cm³/mol. The van der Waals surface area contributed by atoms with Crippen LogP contribution in [-0.2, 0) is 4.74 Å². The minimum atomic E-state index is -0.563. The lowest BCUT2D eigenvalue weighted by Gasteiger charge is -2.08. The Balaban J connectivity index is 2.19. The zero-order chi connectivity index (χ0) is 18.0. The third-order valence-corrected chi connectivity index (χ3v) is 3.86. The standard InChI is InChI=1S/C18H13Cl2FN2O2/c1-2-25-18(24)16-10-17(11-6-13(20)8-14(21)7-11)23(22-16)15-5-3-4-12(19)9-15/h3-10H,2H2,1H3. The van der Waals surface area contributed by atoms with Gasteiger partial charge in [0.1, 0.15) is 5.82 Å². The summed E-state index contributed by atoms with van der Waals surface area (Å²) in [5.74, 6) is -1.05. The number of carbonyl (C=O) groups excluding carboxylic acids is 1. The first kappa shape index (κ1) is 17.5. The first-order valence-corrected chi connectivity index (χ1v) is 8.23. The summed E-state index contributed by atoms with van der Waals surface area (Å²) in [7, 11) is 0. The van der Waals surface area contributed by atoms with Gasteiger partial charge in [-0.2, -0.15) is 5.10 Å². The van der Waals surface area contributed by atoms with Crippen molar-refractivity contribution in [3.8, 4) is 16.9 Å². The Bertz CT molecular complexity index is 920. The molecule has 0 unspecified atom stereocenters. The zero-order valence-electron chi connectivity index (χ0n) is 13.2. The van der Waals surface area contributed by atoms with Crippen LogP contribution in [0.3, 0.4) is 0 Å². The molecule has 0 bridgehead atoms.